The average molecular weight is 374 g/mol. The molecule has 1 atom stereocenters. The van der Waals surface area contributed by atoms with Gasteiger partial charge >= 0.3 is 5.97 Å². The first-order valence-corrected chi connectivity index (χ1v) is 9.08. The summed E-state index contributed by atoms with van der Waals surface area (Å²) in [6.07, 6.45) is 0.268. The van der Waals surface area contributed by atoms with Gasteiger partial charge in [-0.3, -0.25) is 9.59 Å². The number of hydrogen-bond donors (Lipinski definition) is 2. The molecule has 0 spiro atoms. The molecular weight excluding hydrogens is 352 g/mol. The first kappa shape index (κ1) is 19.7. The Balaban J connectivity index is 2.31. The van der Waals surface area contributed by atoms with E-state index in [4.69, 9.17) is 4.74 Å². The molecule has 0 aliphatic rings. The number of thiophene rings is 1. The van der Waals surface area contributed by atoms with Crippen molar-refractivity contribution in [2.24, 2.45) is 0 Å². The molecule has 1 aromatic carbocycles. The van der Waals surface area contributed by atoms with Gasteiger partial charge in [0.15, 0.2) is 0 Å². The fourth-order valence-corrected chi connectivity index (χ4v) is 3.58. The highest BCUT2D eigenvalue weighted by molar-refractivity contribution is 7.18. The van der Waals surface area contributed by atoms with Crippen molar-refractivity contribution < 1.29 is 19.1 Å². The van der Waals surface area contributed by atoms with E-state index in [0.717, 1.165) is 16.9 Å². The van der Waals surface area contributed by atoms with E-state index in [2.05, 4.69) is 10.6 Å². The van der Waals surface area contributed by atoms with E-state index in [-0.39, 0.29) is 29.8 Å². The van der Waals surface area contributed by atoms with Crippen LogP contribution in [0.2, 0.25) is 0 Å². The van der Waals surface area contributed by atoms with Gasteiger partial charge in [0.2, 0.25) is 5.91 Å². The quantitative estimate of drug-likeness (QED) is 0.756. The number of nitrogens with one attached hydrogen (secondary N) is 2. The molecule has 2 N–H and O–H groups in total. The number of hydrogen-bond acceptors (Lipinski definition) is 5. The molecule has 138 valence electrons. The van der Waals surface area contributed by atoms with Gasteiger partial charge in [-0.1, -0.05) is 37.3 Å². The predicted molar refractivity (Wildman–Crippen MR) is 102 cm³/mol. The molecule has 1 heterocycles. The second-order valence-corrected chi connectivity index (χ2v) is 6.78. The van der Waals surface area contributed by atoms with E-state index in [0.29, 0.717) is 15.4 Å². The molecule has 2 aromatic rings. The van der Waals surface area contributed by atoms with Gasteiger partial charge in [-0.15, -0.1) is 11.3 Å². The summed E-state index contributed by atoms with van der Waals surface area (Å²) in [7, 11) is 1.27. The van der Waals surface area contributed by atoms with Crippen LogP contribution in [-0.4, -0.2) is 24.9 Å². The van der Waals surface area contributed by atoms with Crippen molar-refractivity contribution in [3.8, 4) is 0 Å². The maximum Gasteiger partial charge on any atom is 0.341 e. The molecule has 0 radical (unpaired) electrons. The van der Waals surface area contributed by atoms with Crippen LogP contribution in [0.15, 0.2) is 30.3 Å². The van der Waals surface area contributed by atoms with Gasteiger partial charge < -0.3 is 15.4 Å². The molecule has 1 aromatic heterocycles. The van der Waals surface area contributed by atoms with E-state index in [9.17, 15) is 14.4 Å². The van der Waals surface area contributed by atoms with Crippen molar-refractivity contribution in [1.29, 1.82) is 0 Å². The van der Waals surface area contributed by atoms with Crippen LogP contribution in [0.3, 0.4) is 0 Å². The smallest absolute Gasteiger partial charge is 0.341 e. The minimum absolute atomic E-state index is 0.194. The summed E-state index contributed by atoms with van der Waals surface area (Å²) in [5.74, 6) is -1.12. The SMILES string of the molecule is CCC(=O)Nc1sc(C(=O)NC(C)c2ccccc2)c(C)c1C(=O)OC. The van der Waals surface area contributed by atoms with Gasteiger partial charge in [-0.25, -0.2) is 4.79 Å². The van der Waals surface area contributed by atoms with Gasteiger partial charge in [-0.05, 0) is 25.0 Å². The molecule has 0 aliphatic heterocycles. The highest BCUT2D eigenvalue weighted by Gasteiger charge is 2.26. The number of carbonyl (C=O) groups excluding carboxylic acids is 3. The Hall–Kier alpha value is -2.67. The molecule has 26 heavy (non-hydrogen) atoms. The molecule has 7 heteroatoms. The second kappa shape index (κ2) is 8.62. The van der Waals surface area contributed by atoms with E-state index in [1.807, 2.05) is 37.3 Å². The van der Waals surface area contributed by atoms with Crippen molar-refractivity contribution in [1.82, 2.24) is 5.32 Å². The minimum Gasteiger partial charge on any atom is -0.465 e. The normalized spacial score (nSPS) is 11.5. The number of methoxy groups -OCH3 is 1. The van der Waals surface area contributed by atoms with Crippen LogP contribution in [-0.2, 0) is 9.53 Å². The number of amides is 2. The number of ether oxygens (including phenoxy) is 1. The van der Waals surface area contributed by atoms with Crippen molar-refractivity contribution in [2.75, 3.05) is 12.4 Å². The number of esters is 1. The molecule has 0 bridgehead atoms. The van der Waals surface area contributed by atoms with Crippen LogP contribution in [0.4, 0.5) is 5.00 Å². The van der Waals surface area contributed by atoms with Gasteiger partial charge in [0.1, 0.15) is 5.00 Å². The molecule has 6 nitrogen and oxygen atoms in total. The Labute approximate surface area is 156 Å². The molecule has 0 aliphatic carbocycles. The summed E-state index contributed by atoms with van der Waals surface area (Å²) in [5.41, 5.74) is 1.69. The lowest BCUT2D eigenvalue weighted by Crippen LogP contribution is -2.26. The maximum atomic E-state index is 12.7. The van der Waals surface area contributed by atoms with Gasteiger partial charge in [0.25, 0.3) is 5.91 Å². The standard InChI is InChI=1S/C19H22N2O4S/c1-5-14(22)21-18-15(19(24)25-4)11(2)16(26-18)17(23)20-12(3)13-9-7-6-8-10-13/h6-10,12H,5H2,1-4H3,(H,20,23)(H,21,22). The molecule has 2 amide bonds. The van der Waals surface area contributed by atoms with E-state index < -0.39 is 5.97 Å². The Morgan fingerprint density at radius 2 is 1.85 bits per heavy atom. The van der Waals surface area contributed by atoms with Crippen LogP contribution in [0.1, 0.15) is 57.5 Å². The first-order chi connectivity index (χ1) is 12.4. The Morgan fingerprint density at radius 1 is 1.19 bits per heavy atom. The number of benzene rings is 1. The van der Waals surface area contributed by atoms with E-state index >= 15 is 0 Å². The molecule has 2 rings (SSSR count). The van der Waals surface area contributed by atoms with Crippen LogP contribution in [0, 0.1) is 6.92 Å². The summed E-state index contributed by atoms with van der Waals surface area (Å²) in [6.45, 7) is 5.27. The van der Waals surface area contributed by atoms with Crippen molar-refractivity contribution in [2.45, 2.75) is 33.2 Å². The molecule has 0 saturated heterocycles. The number of rotatable bonds is 6. The maximum absolute atomic E-state index is 12.7. The van der Waals surface area contributed by atoms with Gasteiger partial charge in [-0.2, -0.15) is 0 Å². The molecule has 1 unspecified atom stereocenters. The summed E-state index contributed by atoms with van der Waals surface area (Å²) in [6, 6.07) is 9.38. The number of carbonyl (C=O) groups is 3. The minimum atomic E-state index is -0.583. The average Bonchev–Trinajstić information content (AvgIpc) is 2.97. The lowest BCUT2D eigenvalue weighted by atomic mass is 10.1. The van der Waals surface area contributed by atoms with Crippen LogP contribution in [0.5, 0.6) is 0 Å². The third-order valence-corrected chi connectivity index (χ3v) is 5.17. The zero-order chi connectivity index (χ0) is 19.3. The van der Waals surface area contributed by atoms with E-state index in [1.54, 1.807) is 13.8 Å². The highest BCUT2D eigenvalue weighted by atomic mass is 32.1. The third-order valence-electron chi connectivity index (χ3n) is 3.96. The fourth-order valence-electron chi connectivity index (χ4n) is 2.47. The fraction of sp³-hybridized carbons (Fsp3) is 0.316. The Bertz CT molecular complexity index is 814. The topological polar surface area (TPSA) is 84.5 Å². The Morgan fingerprint density at radius 3 is 2.42 bits per heavy atom. The van der Waals surface area contributed by atoms with Crippen molar-refractivity contribution in [3.05, 3.63) is 51.9 Å². The predicted octanol–water partition coefficient (Wildman–Crippen LogP) is 3.68. The second-order valence-electron chi connectivity index (χ2n) is 5.76. The molecule has 0 saturated carbocycles. The summed E-state index contributed by atoms with van der Waals surface area (Å²) in [5, 5.41) is 5.93. The third kappa shape index (κ3) is 4.29. The lowest BCUT2D eigenvalue weighted by molar-refractivity contribution is -0.115. The zero-order valence-electron chi connectivity index (χ0n) is 15.2. The van der Waals surface area contributed by atoms with Crippen LogP contribution in [0.25, 0.3) is 0 Å². The zero-order valence-corrected chi connectivity index (χ0v) is 16.0. The number of anilines is 1. The highest BCUT2D eigenvalue weighted by Crippen LogP contribution is 2.34. The molecular formula is C19H22N2O4S. The largest absolute Gasteiger partial charge is 0.465 e. The van der Waals surface area contributed by atoms with Gasteiger partial charge in [0.05, 0.1) is 23.6 Å². The lowest BCUT2D eigenvalue weighted by Gasteiger charge is -2.14. The molecule has 0 fully saturated rings. The summed E-state index contributed by atoms with van der Waals surface area (Å²) in [4.78, 5) is 36.9. The van der Waals surface area contributed by atoms with Crippen LogP contribution < -0.4 is 10.6 Å². The van der Waals surface area contributed by atoms with Crippen molar-refractivity contribution >= 4 is 34.1 Å². The van der Waals surface area contributed by atoms with Crippen molar-refractivity contribution in [3.63, 3.8) is 0 Å². The van der Waals surface area contributed by atoms with Gasteiger partial charge in [0, 0.05) is 6.42 Å². The van der Waals surface area contributed by atoms with Crippen LogP contribution >= 0.6 is 11.3 Å². The Kier molecular flexibility index (Phi) is 6.52. The summed E-state index contributed by atoms with van der Waals surface area (Å²) >= 11 is 1.07. The van der Waals surface area contributed by atoms with E-state index in [1.165, 1.54) is 7.11 Å². The monoisotopic (exact) mass is 374 g/mol. The first-order valence-electron chi connectivity index (χ1n) is 8.26. The summed E-state index contributed by atoms with van der Waals surface area (Å²) < 4.78 is 4.80.